The van der Waals surface area contributed by atoms with Gasteiger partial charge in [-0.2, -0.15) is 0 Å². The number of ether oxygens (including phenoxy) is 2. The van der Waals surface area contributed by atoms with Crippen LogP contribution in [0, 0.1) is 6.92 Å². The van der Waals surface area contributed by atoms with Crippen molar-refractivity contribution < 1.29 is 18.7 Å². The van der Waals surface area contributed by atoms with E-state index in [4.69, 9.17) is 26.1 Å². The van der Waals surface area contributed by atoms with E-state index in [-0.39, 0.29) is 5.11 Å². The second-order valence-corrected chi connectivity index (χ2v) is 5.94. The first-order valence-electron chi connectivity index (χ1n) is 7.94. The van der Waals surface area contributed by atoms with Gasteiger partial charge < -0.3 is 19.2 Å². The predicted octanol–water partition coefficient (Wildman–Crippen LogP) is 1.01. The van der Waals surface area contributed by atoms with Crippen molar-refractivity contribution in [2.45, 2.75) is 20.0 Å². The molecule has 0 aliphatic rings. The highest BCUT2D eigenvalue weighted by molar-refractivity contribution is 7.80. The smallest absolute Gasteiger partial charge is 0.336 e. The lowest BCUT2D eigenvalue weighted by Gasteiger charge is -2.16. The number of hydrogen-bond donors (Lipinski definition) is 3. The third-order valence-corrected chi connectivity index (χ3v) is 3.74. The van der Waals surface area contributed by atoms with E-state index in [1.165, 1.54) is 6.07 Å². The first-order chi connectivity index (χ1) is 12.4. The Morgan fingerprint density at radius 1 is 1.31 bits per heavy atom. The monoisotopic (exact) mass is 379 g/mol. The fourth-order valence-electron chi connectivity index (χ4n) is 2.17. The summed E-state index contributed by atoms with van der Waals surface area (Å²) in [6, 6.07) is 6.50. The SMILES string of the molecule is COCCNC(=S)NNC(=O)[C@H](C)Oc1ccc2c(C)cc(=O)oc2c1. The van der Waals surface area contributed by atoms with Gasteiger partial charge in [0.1, 0.15) is 11.3 Å². The van der Waals surface area contributed by atoms with E-state index in [2.05, 4.69) is 16.2 Å². The molecule has 0 spiro atoms. The molecule has 3 N–H and O–H groups in total. The van der Waals surface area contributed by atoms with Crippen molar-refractivity contribution in [1.82, 2.24) is 16.2 Å². The van der Waals surface area contributed by atoms with Crippen molar-refractivity contribution >= 4 is 34.2 Å². The number of carbonyl (C=O) groups is 1. The first kappa shape index (κ1) is 19.7. The molecule has 0 unspecified atom stereocenters. The summed E-state index contributed by atoms with van der Waals surface area (Å²) in [5.41, 5.74) is 5.81. The molecule has 26 heavy (non-hydrogen) atoms. The zero-order valence-corrected chi connectivity index (χ0v) is 15.6. The van der Waals surface area contributed by atoms with Gasteiger partial charge in [0.2, 0.25) is 0 Å². The van der Waals surface area contributed by atoms with Crippen molar-refractivity contribution in [3.05, 3.63) is 40.2 Å². The summed E-state index contributed by atoms with van der Waals surface area (Å²) in [5, 5.41) is 3.93. The van der Waals surface area contributed by atoms with Gasteiger partial charge in [0.25, 0.3) is 5.91 Å². The van der Waals surface area contributed by atoms with E-state index >= 15 is 0 Å². The Morgan fingerprint density at radius 2 is 2.08 bits per heavy atom. The molecule has 0 aliphatic heterocycles. The van der Waals surface area contributed by atoms with E-state index < -0.39 is 17.6 Å². The van der Waals surface area contributed by atoms with E-state index in [1.807, 2.05) is 6.92 Å². The van der Waals surface area contributed by atoms with Gasteiger partial charge >= 0.3 is 5.63 Å². The number of nitrogens with one attached hydrogen (secondary N) is 3. The second kappa shape index (κ2) is 9.16. The highest BCUT2D eigenvalue weighted by Gasteiger charge is 2.15. The van der Waals surface area contributed by atoms with Crippen LogP contribution in [0.1, 0.15) is 12.5 Å². The number of rotatable bonds is 6. The highest BCUT2D eigenvalue weighted by Crippen LogP contribution is 2.22. The third kappa shape index (κ3) is 5.43. The minimum absolute atomic E-state index is 0.269. The van der Waals surface area contributed by atoms with Gasteiger partial charge in [-0.1, -0.05) is 0 Å². The normalized spacial score (nSPS) is 11.7. The van der Waals surface area contributed by atoms with Crippen molar-refractivity contribution in [2.75, 3.05) is 20.3 Å². The minimum Gasteiger partial charge on any atom is -0.481 e. The lowest BCUT2D eigenvalue weighted by atomic mass is 10.1. The van der Waals surface area contributed by atoms with Crippen LogP contribution in [-0.2, 0) is 9.53 Å². The quantitative estimate of drug-likeness (QED) is 0.296. The van der Waals surface area contributed by atoms with Crippen LogP contribution in [0.5, 0.6) is 5.75 Å². The van der Waals surface area contributed by atoms with Gasteiger partial charge in [-0.3, -0.25) is 15.6 Å². The van der Waals surface area contributed by atoms with Crippen LogP contribution < -0.4 is 26.5 Å². The maximum absolute atomic E-state index is 12.1. The van der Waals surface area contributed by atoms with Crippen molar-refractivity contribution in [2.24, 2.45) is 0 Å². The summed E-state index contributed by atoms with van der Waals surface area (Å²) in [7, 11) is 1.58. The molecule has 1 atom stereocenters. The first-order valence-corrected chi connectivity index (χ1v) is 8.35. The van der Waals surface area contributed by atoms with Crippen LogP contribution in [0.25, 0.3) is 11.0 Å². The van der Waals surface area contributed by atoms with Crippen LogP contribution in [0.15, 0.2) is 33.5 Å². The number of amides is 1. The molecule has 2 rings (SSSR count). The molecule has 0 saturated heterocycles. The fraction of sp³-hybridized carbons (Fsp3) is 0.353. The van der Waals surface area contributed by atoms with Gasteiger partial charge in [-0.25, -0.2) is 4.79 Å². The minimum atomic E-state index is -0.793. The largest absolute Gasteiger partial charge is 0.481 e. The number of hydrazine groups is 1. The zero-order valence-electron chi connectivity index (χ0n) is 14.8. The molecule has 0 bridgehead atoms. The topological polar surface area (TPSA) is 102 Å². The molecular weight excluding hydrogens is 358 g/mol. The summed E-state index contributed by atoms with van der Waals surface area (Å²) in [6.45, 7) is 4.43. The average Bonchev–Trinajstić information content (AvgIpc) is 2.59. The van der Waals surface area contributed by atoms with Gasteiger partial charge in [0.15, 0.2) is 11.2 Å². The molecule has 0 fully saturated rings. The van der Waals surface area contributed by atoms with Gasteiger partial charge in [-0.15, -0.1) is 0 Å². The molecule has 0 radical (unpaired) electrons. The van der Waals surface area contributed by atoms with Gasteiger partial charge in [0, 0.05) is 31.2 Å². The summed E-state index contributed by atoms with van der Waals surface area (Å²) >= 11 is 5.00. The average molecular weight is 379 g/mol. The molecule has 8 nitrogen and oxygen atoms in total. The molecule has 1 heterocycles. The van der Waals surface area contributed by atoms with Crippen molar-refractivity contribution in [1.29, 1.82) is 0 Å². The fourth-order valence-corrected chi connectivity index (χ4v) is 2.32. The molecule has 1 aromatic carbocycles. The molecule has 140 valence electrons. The summed E-state index contributed by atoms with van der Waals surface area (Å²) in [6.07, 6.45) is -0.793. The van der Waals surface area contributed by atoms with E-state index in [0.29, 0.717) is 24.5 Å². The van der Waals surface area contributed by atoms with E-state index in [0.717, 1.165) is 10.9 Å². The van der Waals surface area contributed by atoms with Gasteiger partial charge in [0.05, 0.1) is 6.61 Å². The molecule has 0 saturated carbocycles. The molecular formula is C17H21N3O5S. The standard InChI is InChI=1S/C17H21N3O5S/c1-10-8-15(21)25-14-9-12(4-5-13(10)14)24-11(2)16(22)19-20-17(26)18-6-7-23-3/h4-5,8-9,11H,6-7H2,1-3H3,(H,19,22)(H2,18,20,26)/t11-/m0/s1. The Hall–Kier alpha value is -2.65. The van der Waals surface area contributed by atoms with E-state index in [1.54, 1.807) is 32.2 Å². The second-order valence-electron chi connectivity index (χ2n) is 5.53. The number of aryl methyl sites for hydroxylation is 1. The number of thiocarbonyl (C=S) groups is 1. The summed E-state index contributed by atoms with van der Waals surface area (Å²) in [5.74, 6) is 0.00128. The van der Waals surface area contributed by atoms with Gasteiger partial charge in [-0.05, 0) is 43.8 Å². The zero-order chi connectivity index (χ0) is 19.1. The van der Waals surface area contributed by atoms with Crippen LogP contribution in [0.4, 0.5) is 0 Å². The predicted molar refractivity (Wildman–Crippen MR) is 101 cm³/mol. The Balaban J connectivity index is 1.93. The highest BCUT2D eigenvalue weighted by atomic mass is 32.1. The van der Waals surface area contributed by atoms with Crippen LogP contribution >= 0.6 is 12.2 Å². The lowest BCUT2D eigenvalue weighted by molar-refractivity contribution is -0.127. The van der Waals surface area contributed by atoms with Crippen molar-refractivity contribution in [3.63, 3.8) is 0 Å². The number of methoxy groups -OCH3 is 1. The summed E-state index contributed by atoms with van der Waals surface area (Å²) < 4.78 is 15.6. The number of carbonyl (C=O) groups excluding carboxylic acids is 1. The van der Waals surface area contributed by atoms with Crippen LogP contribution in [0.3, 0.4) is 0 Å². The Morgan fingerprint density at radius 3 is 2.81 bits per heavy atom. The molecule has 2 aromatic rings. The number of fused-ring (bicyclic) bond motifs is 1. The molecule has 0 aliphatic carbocycles. The van der Waals surface area contributed by atoms with Crippen LogP contribution in [0.2, 0.25) is 0 Å². The van der Waals surface area contributed by atoms with Crippen molar-refractivity contribution in [3.8, 4) is 5.75 Å². The van der Waals surface area contributed by atoms with E-state index in [9.17, 15) is 9.59 Å². The Bertz CT molecular complexity index is 852. The maximum atomic E-state index is 12.1. The Kier molecular flexibility index (Phi) is 6.93. The van der Waals surface area contributed by atoms with Crippen LogP contribution in [-0.4, -0.2) is 37.4 Å². The molecule has 1 amide bonds. The maximum Gasteiger partial charge on any atom is 0.336 e. The molecule has 9 heteroatoms. The molecule has 1 aromatic heterocycles. The third-order valence-electron chi connectivity index (χ3n) is 3.50. The summed E-state index contributed by atoms with van der Waals surface area (Å²) in [4.78, 5) is 23.6. The number of benzene rings is 1. The Labute approximate surface area is 155 Å². The lowest BCUT2D eigenvalue weighted by Crippen LogP contribution is -2.50. The number of hydrogen-bond acceptors (Lipinski definition) is 6.